The van der Waals surface area contributed by atoms with Crippen molar-refractivity contribution in [1.82, 2.24) is 4.90 Å². The van der Waals surface area contributed by atoms with Gasteiger partial charge in [-0.05, 0) is 54.8 Å². The molecule has 2 aromatic carbocycles. The van der Waals surface area contributed by atoms with Crippen molar-refractivity contribution in [2.24, 2.45) is 5.92 Å². The van der Waals surface area contributed by atoms with Crippen molar-refractivity contribution >= 4 is 23.2 Å². The molecule has 7 heteroatoms. The Morgan fingerprint density at radius 3 is 2.52 bits per heavy atom. The van der Waals surface area contributed by atoms with Crippen LogP contribution in [0, 0.1) is 5.92 Å². The van der Waals surface area contributed by atoms with Crippen LogP contribution in [-0.4, -0.2) is 56.2 Å². The van der Waals surface area contributed by atoms with Crippen LogP contribution in [0.2, 0.25) is 0 Å². The summed E-state index contributed by atoms with van der Waals surface area (Å²) in [6.45, 7) is 7.43. The van der Waals surface area contributed by atoms with Gasteiger partial charge >= 0.3 is 0 Å². The molecule has 2 N–H and O–H groups in total. The number of morpholine rings is 1. The van der Waals surface area contributed by atoms with Crippen LogP contribution in [0.3, 0.4) is 0 Å². The van der Waals surface area contributed by atoms with Crippen molar-refractivity contribution in [3.05, 3.63) is 54.1 Å². The van der Waals surface area contributed by atoms with Crippen LogP contribution in [0.25, 0.3) is 0 Å². The summed E-state index contributed by atoms with van der Waals surface area (Å²) < 4.78 is 11.0. The van der Waals surface area contributed by atoms with Crippen molar-refractivity contribution in [3.8, 4) is 5.75 Å². The number of anilines is 2. The quantitative estimate of drug-likeness (QED) is 0.641. The molecule has 0 spiro atoms. The molecule has 0 aliphatic carbocycles. The first kappa shape index (κ1) is 22.6. The molecule has 0 aromatic heterocycles. The SMILES string of the molecule is CC(C)CCOc1ccc(NC(=O)CNc2cccc(C(=O)N3CCOCC3)c2)cc1. The van der Waals surface area contributed by atoms with E-state index < -0.39 is 0 Å². The molecule has 0 radical (unpaired) electrons. The number of rotatable bonds is 9. The second-order valence-electron chi connectivity index (χ2n) is 7.94. The van der Waals surface area contributed by atoms with E-state index in [9.17, 15) is 9.59 Å². The number of hydrogen-bond acceptors (Lipinski definition) is 5. The fourth-order valence-electron chi connectivity index (χ4n) is 3.15. The fourth-order valence-corrected chi connectivity index (χ4v) is 3.15. The van der Waals surface area contributed by atoms with Gasteiger partial charge in [0.25, 0.3) is 5.91 Å². The lowest BCUT2D eigenvalue weighted by molar-refractivity contribution is -0.114. The number of carbonyl (C=O) groups is 2. The lowest BCUT2D eigenvalue weighted by Crippen LogP contribution is -2.40. The van der Waals surface area contributed by atoms with Gasteiger partial charge in [-0.1, -0.05) is 19.9 Å². The molecule has 0 bridgehead atoms. The molecule has 1 heterocycles. The lowest BCUT2D eigenvalue weighted by atomic mass is 10.1. The summed E-state index contributed by atoms with van der Waals surface area (Å²) in [4.78, 5) is 26.7. The zero-order chi connectivity index (χ0) is 22.1. The van der Waals surface area contributed by atoms with Crippen LogP contribution in [-0.2, 0) is 9.53 Å². The van der Waals surface area contributed by atoms with Crippen molar-refractivity contribution < 1.29 is 19.1 Å². The third kappa shape index (κ3) is 7.29. The second-order valence-corrected chi connectivity index (χ2v) is 7.94. The third-order valence-corrected chi connectivity index (χ3v) is 4.96. The monoisotopic (exact) mass is 425 g/mol. The van der Waals surface area contributed by atoms with Gasteiger partial charge in [0.1, 0.15) is 5.75 Å². The zero-order valence-corrected chi connectivity index (χ0v) is 18.2. The molecule has 0 atom stereocenters. The predicted octanol–water partition coefficient (Wildman–Crippen LogP) is 3.63. The molecule has 1 fully saturated rings. The Morgan fingerprint density at radius 2 is 1.81 bits per heavy atom. The number of hydrogen-bond donors (Lipinski definition) is 2. The van der Waals surface area contributed by atoms with Crippen molar-refractivity contribution in [3.63, 3.8) is 0 Å². The summed E-state index contributed by atoms with van der Waals surface area (Å²) in [5.74, 6) is 1.20. The van der Waals surface area contributed by atoms with E-state index in [0.29, 0.717) is 50.1 Å². The summed E-state index contributed by atoms with van der Waals surface area (Å²) >= 11 is 0. The normalized spacial score (nSPS) is 13.7. The van der Waals surface area contributed by atoms with Gasteiger partial charge < -0.3 is 25.0 Å². The van der Waals surface area contributed by atoms with Crippen molar-refractivity contribution in [2.75, 3.05) is 50.1 Å². The molecule has 7 nitrogen and oxygen atoms in total. The molecule has 3 rings (SSSR count). The van der Waals surface area contributed by atoms with Crippen LogP contribution < -0.4 is 15.4 Å². The highest BCUT2D eigenvalue weighted by molar-refractivity contribution is 5.96. The van der Waals surface area contributed by atoms with Gasteiger partial charge in [0, 0.05) is 30.0 Å². The van der Waals surface area contributed by atoms with E-state index in [2.05, 4.69) is 24.5 Å². The molecular weight excluding hydrogens is 394 g/mol. The van der Waals surface area contributed by atoms with E-state index in [1.807, 2.05) is 36.4 Å². The number of nitrogens with zero attached hydrogens (tertiary/aromatic N) is 1. The largest absolute Gasteiger partial charge is 0.494 e. The molecule has 31 heavy (non-hydrogen) atoms. The summed E-state index contributed by atoms with van der Waals surface area (Å²) in [5, 5.41) is 5.94. The maximum atomic E-state index is 12.6. The molecule has 0 unspecified atom stereocenters. The van der Waals surface area contributed by atoms with Gasteiger partial charge in [-0.3, -0.25) is 9.59 Å². The second kappa shape index (κ2) is 11.4. The Bertz CT molecular complexity index is 861. The standard InChI is InChI=1S/C24H31N3O4/c1-18(2)10-13-31-22-8-6-20(7-9-22)26-23(28)17-25-21-5-3-4-19(16-21)24(29)27-11-14-30-15-12-27/h3-9,16,18,25H,10-15,17H2,1-2H3,(H,26,28). The van der Waals surface area contributed by atoms with Crippen LogP contribution in [0.15, 0.2) is 48.5 Å². The van der Waals surface area contributed by atoms with Crippen LogP contribution in [0.5, 0.6) is 5.75 Å². The van der Waals surface area contributed by atoms with Crippen molar-refractivity contribution in [2.45, 2.75) is 20.3 Å². The predicted molar refractivity (Wildman–Crippen MR) is 122 cm³/mol. The first-order valence-electron chi connectivity index (χ1n) is 10.7. The van der Waals surface area contributed by atoms with E-state index >= 15 is 0 Å². The summed E-state index contributed by atoms with van der Waals surface area (Å²) in [6, 6.07) is 14.6. The van der Waals surface area contributed by atoms with Crippen molar-refractivity contribution in [1.29, 1.82) is 0 Å². The maximum Gasteiger partial charge on any atom is 0.254 e. The van der Waals surface area contributed by atoms with Crippen LogP contribution in [0.1, 0.15) is 30.6 Å². The minimum atomic E-state index is -0.168. The maximum absolute atomic E-state index is 12.6. The van der Waals surface area contributed by atoms with Gasteiger partial charge in [0.15, 0.2) is 0 Å². The smallest absolute Gasteiger partial charge is 0.254 e. The average Bonchev–Trinajstić information content (AvgIpc) is 2.79. The molecule has 0 saturated carbocycles. The molecule has 1 saturated heterocycles. The van der Waals surface area contributed by atoms with Gasteiger partial charge in [-0.2, -0.15) is 0 Å². The highest BCUT2D eigenvalue weighted by Crippen LogP contribution is 2.17. The minimum absolute atomic E-state index is 0.0212. The summed E-state index contributed by atoms with van der Waals surface area (Å²) in [5.41, 5.74) is 2.03. The number of ether oxygens (including phenoxy) is 2. The molecule has 1 aliphatic heterocycles. The van der Waals surface area contributed by atoms with Crippen LogP contribution in [0.4, 0.5) is 11.4 Å². The Kier molecular flexibility index (Phi) is 8.29. The fraction of sp³-hybridized carbons (Fsp3) is 0.417. The number of amides is 2. The van der Waals surface area contributed by atoms with Gasteiger partial charge in [-0.25, -0.2) is 0 Å². The number of carbonyl (C=O) groups excluding carboxylic acids is 2. The first-order valence-corrected chi connectivity index (χ1v) is 10.7. The molecule has 1 aliphatic rings. The van der Waals surface area contributed by atoms with E-state index in [0.717, 1.165) is 17.9 Å². The third-order valence-electron chi connectivity index (χ3n) is 4.96. The average molecular weight is 426 g/mol. The molecule has 2 aromatic rings. The number of benzene rings is 2. The minimum Gasteiger partial charge on any atom is -0.494 e. The van der Waals surface area contributed by atoms with E-state index in [4.69, 9.17) is 9.47 Å². The Hall–Kier alpha value is -3.06. The first-order chi connectivity index (χ1) is 15.0. The Morgan fingerprint density at radius 1 is 1.06 bits per heavy atom. The lowest BCUT2D eigenvalue weighted by Gasteiger charge is -2.27. The van der Waals surface area contributed by atoms with E-state index in [1.165, 1.54) is 0 Å². The molecular formula is C24H31N3O4. The Labute approximate surface area is 183 Å². The highest BCUT2D eigenvalue weighted by atomic mass is 16.5. The Balaban J connectivity index is 1.46. The van der Waals surface area contributed by atoms with E-state index in [-0.39, 0.29) is 18.4 Å². The van der Waals surface area contributed by atoms with Gasteiger partial charge in [0.2, 0.25) is 5.91 Å². The zero-order valence-electron chi connectivity index (χ0n) is 18.2. The topological polar surface area (TPSA) is 79.9 Å². The highest BCUT2D eigenvalue weighted by Gasteiger charge is 2.18. The van der Waals surface area contributed by atoms with Gasteiger partial charge in [0.05, 0.1) is 26.4 Å². The van der Waals surface area contributed by atoms with E-state index in [1.54, 1.807) is 17.0 Å². The molecule has 2 amide bonds. The van der Waals surface area contributed by atoms with Crippen LogP contribution >= 0.6 is 0 Å². The molecule has 166 valence electrons. The van der Waals surface area contributed by atoms with Gasteiger partial charge in [-0.15, -0.1) is 0 Å². The summed E-state index contributed by atoms with van der Waals surface area (Å²) in [6.07, 6.45) is 1.00. The number of nitrogens with one attached hydrogen (secondary N) is 2. The summed E-state index contributed by atoms with van der Waals surface area (Å²) in [7, 11) is 0.